The van der Waals surface area contributed by atoms with Gasteiger partial charge in [-0.25, -0.2) is 0 Å². The molecule has 4 aliphatic carbocycles. The second-order valence-electron chi connectivity index (χ2n) is 13.1. The maximum Gasteiger partial charge on any atom is 0.0543 e. The van der Waals surface area contributed by atoms with Crippen molar-refractivity contribution in [1.29, 1.82) is 0 Å². The summed E-state index contributed by atoms with van der Waals surface area (Å²) in [7, 11) is 0. The number of hydrogen-bond acceptors (Lipinski definition) is 1. The number of aliphatic hydroxyl groups is 1. The van der Waals surface area contributed by atoms with Crippen molar-refractivity contribution >= 4 is 0 Å². The van der Waals surface area contributed by atoms with Crippen molar-refractivity contribution in [2.75, 3.05) is 0 Å². The third-order valence-electron chi connectivity index (χ3n) is 11.6. The van der Waals surface area contributed by atoms with Gasteiger partial charge in [0, 0.05) is 0 Å². The fourth-order valence-electron chi connectivity index (χ4n) is 9.35. The molecular weight excluding hydrogens is 364 g/mol. The predicted octanol–water partition coefficient (Wildman–Crippen LogP) is 7.88. The molecule has 2 unspecified atom stereocenters. The Morgan fingerprint density at radius 1 is 0.867 bits per heavy atom. The highest BCUT2D eigenvalue weighted by molar-refractivity contribution is 5.13. The second-order valence-corrected chi connectivity index (χ2v) is 13.1. The minimum atomic E-state index is -0.0200. The van der Waals surface area contributed by atoms with Gasteiger partial charge in [0.25, 0.3) is 0 Å². The summed E-state index contributed by atoms with van der Waals surface area (Å²) in [6.07, 6.45) is 14.7. The highest BCUT2D eigenvalue weighted by Crippen LogP contribution is 2.68. The molecule has 0 amide bonds. The van der Waals surface area contributed by atoms with E-state index in [-0.39, 0.29) is 6.10 Å². The van der Waals surface area contributed by atoms with E-state index in [0.717, 1.165) is 54.3 Å². The van der Waals surface area contributed by atoms with Crippen molar-refractivity contribution in [3.63, 3.8) is 0 Å². The minimum absolute atomic E-state index is 0.0200. The smallest absolute Gasteiger partial charge is 0.0543 e. The molecule has 0 aliphatic heterocycles. The van der Waals surface area contributed by atoms with Gasteiger partial charge in [0.1, 0.15) is 0 Å². The Kier molecular flexibility index (Phi) is 6.28. The summed E-state index contributed by atoms with van der Waals surface area (Å²) in [5.74, 6) is 6.64. The SMILES string of the molecule is C/C(=C\[C@@H](C)[C@H]1CC[C@H]2[C@@H]3CCC4C[C@@H](O)CC[C@]4(C)[C@H]3CC[C@]12C)C(C)C(C)C. The lowest BCUT2D eigenvalue weighted by Crippen LogP contribution is -2.54. The van der Waals surface area contributed by atoms with E-state index in [4.69, 9.17) is 0 Å². The highest BCUT2D eigenvalue weighted by Gasteiger charge is 2.60. The van der Waals surface area contributed by atoms with Gasteiger partial charge in [-0.1, -0.05) is 53.2 Å². The van der Waals surface area contributed by atoms with Crippen LogP contribution in [0.5, 0.6) is 0 Å². The maximum atomic E-state index is 10.3. The van der Waals surface area contributed by atoms with Gasteiger partial charge in [0.15, 0.2) is 0 Å². The van der Waals surface area contributed by atoms with E-state index in [1.54, 1.807) is 5.57 Å². The molecule has 1 nitrogen and oxygen atoms in total. The molecule has 0 radical (unpaired) electrons. The van der Waals surface area contributed by atoms with Crippen LogP contribution < -0.4 is 0 Å². The molecule has 0 saturated heterocycles. The topological polar surface area (TPSA) is 20.2 Å². The van der Waals surface area contributed by atoms with Gasteiger partial charge in [0.05, 0.1) is 6.10 Å². The molecule has 4 saturated carbocycles. The van der Waals surface area contributed by atoms with Crippen LogP contribution in [0.15, 0.2) is 11.6 Å². The predicted molar refractivity (Wildman–Crippen MR) is 128 cm³/mol. The Labute approximate surface area is 187 Å². The van der Waals surface area contributed by atoms with Crippen molar-refractivity contribution in [3.05, 3.63) is 11.6 Å². The molecule has 0 bridgehead atoms. The van der Waals surface area contributed by atoms with Crippen molar-refractivity contribution in [2.45, 2.75) is 112 Å². The van der Waals surface area contributed by atoms with Gasteiger partial charge in [-0.05, 0) is 123 Å². The van der Waals surface area contributed by atoms with E-state index >= 15 is 0 Å². The minimum Gasteiger partial charge on any atom is -0.393 e. The average Bonchev–Trinajstić information content (AvgIpc) is 3.05. The van der Waals surface area contributed by atoms with Crippen LogP contribution in [-0.2, 0) is 0 Å². The third kappa shape index (κ3) is 3.64. The van der Waals surface area contributed by atoms with Gasteiger partial charge < -0.3 is 5.11 Å². The summed E-state index contributed by atoms with van der Waals surface area (Å²) in [6, 6.07) is 0. The molecule has 30 heavy (non-hydrogen) atoms. The van der Waals surface area contributed by atoms with Crippen molar-refractivity contribution in [1.82, 2.24) is 0 Å². The summed E-state index contributed by atoms with van der Waals surface area (Å²) in [4.78, 5) is 0. The first-order valence-corrected chi connectivity index (χ1v) is 13.4. The summed E-state index contributed by atoms with van der Waals surface area (Å²) in [5.41, 5.74) is 2.68. The fourth-order valence-corrected chi connectivity index (χ4v) is 9.35. The Hall–Kier alpha value is -0.300. The number of aliphatic hydroxyl groups excluding tert-OH is 1. The fraction of sp³-hybridized carbons (Fsp3) is 0.931. The highest BCUT2D eigenvalue weighted by atomic mass is 16.3. The molecule has 0 spiro atoms. The van der Waals surface area contributed by atoms with Gasteiger partial charge >= 0.3 is 0 Å². The molecule has 0 aromatic carbocycles. The van der Waals surface area contributed by atoms with Gasteiger partial charge in [0.2, 0.25) is 0 Å². The molecule has 10 atom stereocenters. The zero-order valence-electron chi connectivity index (χ0n) is 21.1. The Morgan fingerprint density at radius 3 is 2.23 bits per heavy atom. The molecule has 0 aromatic rings. The van der Waals surface area contributed by atoms with Gasteiger partial charge in [-0.15, -0.1) is 0 Å². The normalized spacial score (nSPS) is 48.6. The largest absolute Gasteiger partial charge is 0.393 e. The lowest BCUT2D eigenvalue weighted by Gasteiger charge is -2.61. The van der Waals surface area contributed by atoms with Crippen LogP contribution in [0.3, 0.4) is 0 Å². The first-order chi connectivity index (χ1) is 14.1. The van der Waals surface area contributed by atoms with Crippen LogP contribution in [0.4, 0.5) is 0 Å². The van der Waals surface area contributed by atoms with Crippen LogP contribution in [0.2, 0.25) is 0 Å². The number of hydrogen-bond donors (Lipinski definition) is 1. The lowest BCUT2D eigenvalue weighted by atomic mass is 9.44. The zero-order valence-corrected chi connectivity index (χ0v) is 21.1. The molecule has 4 fully saturated rings. The molecule has 1 N–H and O–H groups in total. The van der Waals surface area contributed by atoms with Crippen molar-refractivity contribution in [3.8, 4) is 0 Å². The summed E-state index contributed by atoms with van der Waals surface area (Å²) < 4.78 is 0. The Bertz CT molecular complexity index is 649. The standard InChI is InChI=1S/C29H50O/c1-18(2)21(5)19(3)16-20(4)25-10-11-26-24-9-8-22-17-23(30)12-14-28(22,6)27(24)13-15-29(25,26)7/h16,18,20-27,30H,8-15,17H2,1-7H3/b19-16+/t20-,21?,22?,23+,24+,25-,26+,27+,28+,29-/m1/s1. The Balaban J connectivity index is 1.52. The molecule has 4 aliphatic rings. The average molecular weight is 415 g/mol. The zero-order chi connectivity index (χ0) is 21.8. The number of rotatable bonds is 4. The summed E-state index contributed by atoms with van der Waals surface area (Å²) in [5, 5.41) is 10.3. The van der Waals surface area contributed by atoms with Crippen LogP contribution in [0.1, 0.15) is 106 Å². The van der Waals surface area contributed by atoms with E-state index in [0.29, 0.717) is 16.7 Å². The second kappa shape index (κ2) is 8.24. The van der Waals surface area contributed by atoms with E-state index in [9.17, 15) is 5.11 Å². The van der Waals surface area contributed by atoms with Crippen LogP contribution in [-0.4, -0.2) is 11.2 Å². The summed E-state index contributed by atoms with van der Waals surface area (Å²) >= 11 is 0. The maximum absolute atomic E-state index is 10.3. The quantitative estimate of drug-likeness (QED) is 0.464. The van der Waals surface area contributed by atoms with E-state index in [1.165, 1.54) is 44.9 Å². The molecule has 172 valence electrons. The van der Waals surface area contributed by atoms with Crippen LogP contribution >= 0.6 is 0 Å². The Morgan fingerprint density at radius 2 is 1.53 bits per heavy atom. The van der Waals surface area contributed by atoms with Gasteiger partial charge in [-0.2, -0.15) is 0 Å². The summed E-state index contributed by atoms with van der Waals surface area (Å²) in [6.45, 7) is 17.4. The number of allylic oxidation sites excluding steroid dienone is 2. The molecule has 1 heteroatoms. The van der Waals surface area contributed by atoms with E-state index < -0.39 is 0 Å². The monoisotopic (exact) mass is 414 g/mol. The van der Waals surface area contributed by atoms with Gasteiger partial charge in [-0.3, -0.25) is 0 Å². The van der Waals surface area contributed by atoms with E-state index in [1.807, 2.05) is 0 Å². The van der Waals surface area contributed by atoms with Crippen LogP contribution in [0, 0.1) is 58.2 Å². The van der Waals surface area contributed by atoms with Crippen LogP contribution in [0.25, 0.3) is 0 Å². The molecule has 0 aromatic heterocycles. The number of fused-ring (bicyclic) bond motifs is 5. The first kappa shape index (κ1) is 22.9. The van der Waals surface area contributed by atoms with Crippen molar-refractivity contribution in [2.24, 2.45) is 58.2 Å². The third-order valence-corrected chi connectivity index (χ3v) is 11.6. The molecule has 4 rings (SSSR count). The molecular formula is C29H50O. The first-order valence-electron chi connectivity index (χ1n) is 13.4. The van der Waals surface area contributed by atoms with Crippen molar-refractivity contribution < 1.29 is 5.11 Å². The van der Waals surface area contributed by atoms with E-state index in [2.05, 4.69) is 54.5 Å². The lowest BCUT2D eigenvalue weighted by molar-refractivity contribution is -0.128. The molecule has 0 heterocycles.